The lowest BCUT2D eigenvalue weighted by Crippen LogP contribution is -2.05. The van der Waals surface area contributed by atoms with Crippen LogP contribution in [0.2, 0.25) is 0 Å². The van der Waals surface area contributed by atoms with Crippen molar-refractivity contribution in [2.75, 3.05) is 5.32 Å². The molecule has 0 spiro atoms. The Morgan fingerprint density at radius 1 is 1.10 bits per heavy atom. The maximum absolute atomic E-state index is 12.5. The number of carbonyl (C=O) groups is 1. The standard InChI is InChI=1S/C15H12F3NO2/c1-9-2-7-12(14(20)21)13(8-9)19-11-5-3-10(4-6-11)15(16,17)18/h2-8,19H,1H3,(H,20,21). The Bertz CT molecular complexity index is 664. The van der Waals surface area contributed by atoms with Crippen LogP contribution in [0.3, 0.4) is 0 Å². The van der Waals surface area contributed by atoms with Crippen LogP contribution < -0.4 is 5.32 Å². The van der Waals surface area contributed by atoms with E-state index in [9.17, 15) is 18.0 Å². The molecule has 0 heterocycles. The largest absolute Gasteiger partial charge is 0.478 e. The van der Waals surface area contributed by atoms with Gasteiger partial charge in [-0.1, -0.05) is 6.07 Å². The number of halogens is 3. The molecule has 0 aliphatic carbocycles. The van der Waals surface area contributed by atoms with Crippen LogP contribution in [0.5, 0.6) is 0 Å². The maximum Gasteiger partial charge on any atom is 0.416 e. The number of aryl methyl sites for hydroxylation is 1. The predicted octanol–water partition coefficient (Wildman–Crippen LogP) is 4.46. The monoisotopic (exact) mass is 295 g/mol. The first-order valence-electron chi connectivity index (χ1n) is 6.05. The van der Waals surface area contributed by atoms with E-state index in [1.807, 2.05) is 0 Å². The first-order chi connectivity index (χ1) is 9.77. The topological polar surface area (TPSA) is 49.3 Å². The molecular formula is C15H12F3NO2. The molecule has 2 aromatic carbocycles. The zero-order chi connectivity index (χ0) is 15.6. The Kier molecular flexibility index (Phi) is 3.88. The van der Waals surface area contributed by atoms with Crippen LogP contribution in [0.4, 0.5) is 24.5 Å². The van der Waals surface area contributed by atoms with Crippen molar-refractivity contribution < 1.29 is 23.1 Å². The molecule has 0 aromatic heterocycles. The second-order valence-corrected chi connectivity index (χ2v) is 4.55. The molecule has 0 radical (unpaired) electrons. The van der Waals surface area contributed by atoms with Gasteiger partial charge in [-0.3, -0.25) is 0 Å². The van der Waals surface area contributed by atoms with E-state index in [2.05, 4.69) is 5.32 Å². The van der Waals surface area contributed by atoms with Crippen LogP contribution in [-0.4, -0.2) is 11.1 Å². The average Bonchev–Trinajstić information content (AvgIpc) is 2.38. The summed E-state index contributed by atoms with van der Waals surface area (Å²) in [6.07, 6.45) is -4.39. The Hall–Kier alpha value is -2.50. The van der Waals surface area contributed by atoms with Gasteiger partial charge in [0.2, 0.25) is 0 Å². The van der Waals surface area contributed by atoms with E-state index in [1.165, 1.54) is 18.2 Å². The summed E-state index contributed by atoms with van der Waals surface area (Å²) in [5.74, 6) is -1.11. The first-order valence-corrected chi connectivity index (χ1v) is 6.05. The van der Waals surface area contributed by atoms with Crippen molar-refractivity contribution >= 4 is 17.3 Å². The number of hydrogen-bond donors (Lipinski definition) is 2. The van der Waals surface area contributed by atoms with Gasteiger partial charge in [0.05, 0.1) is 16.8 Å². The van der Waals surface area contributed by atoms with Gasteiger partial charge in [-0.15, -0.1) is 0 Å². The van der Waals surface area contributed by atoms with Gasteiger partial charge in [0.1, 0.15) is 0 Å². The molecule has 0 saturated carbocycles. The minimum absolute atomic E-state index is 0.0560. The maximum atomic E-state index is 12.5. The molecule has 0 aliphatic rings. The van der Waals surface area contributed by atoms with E-state index in [0.29, 0.717) is 11.4 Å². The Morgan fingerprint density at radius 2 is 1.71 bits per heavy atom. The predicted molar refractivity (Wildman–Crippen MR) is 72.9 cm³/mol. The average molecular weight is 295 g/mol. The summed E-state index contributed by atoms with van der Waals surface area (Å²) in [6.45, 7) is 1.80. The fourth-order valence-electron chi connectivity index (χ4n) is 1.85. The second kappa shape index (κ2) is 5.47. The number of anilines is 2. The number of carboxylic acid groups (broad SMARTS) is 1. The lowest BCUT2D eigenvalue weighted by molar-refractivity contribution is -0.137. The summed E-state index contributed by atoms with van der Waals surface area (Å²) in [5, 5.41) is 11.9. The highest BCUT2D eigenvalue weighted by Gasteiger charge is 2.29. The molecule has 0 amide bonds. The molecule has 6 heteroatoms. The molecule has 2 N–H and O–H groups in total. The van der Waals surface area contributed by atoms with Crippen LogP contribution in [-0.2, 0) is 6.18 Å². The fourth-order valence-corrected chi connectivity index (χ4v) is 1.85. The van der Waals surface area contributed by atoms with E-state index in [1.54, 1.807) is 19.1 Å². The Balaban J connectivity index is 2.30. The highest BCUT2D eigenvalue weighted by molar-refractivity contribution is 5.95. The summed E-state index contributed by atoms with van der Waals surface area (Å²) in [4.78, 5) is 11.1. The highest BCUT2D eigenvalue weighted by atomic mass is 19.4. The molecule has 110 valence electrons. The van der Waals surface area contributed by atoms with Crippen molar-refractivity contribution in [3.8, 4) is 0 Å². The molecule has 2 rings (SSSR count). The van der Waals surface area contributed by atoms with Gasteiger partial charge in [0, 0.05) is 5.69 Å². The molecular weight excluding hydrogens is 283 g/mol. The lowest BCUT2D eigenvalue weighted by atomic mass is 10.1. The number of nitrogens with one attached hydrogen (secondary N) is 1. The van der Waals surface area contributed by atoms with Gasteiger partial charge < -0.3 is 10.4 Å². The number of hydrogen-bond acceptors (Lipinski definition) is 2. The normalized spacial score (nSPS) is 11.2. The van der Waals surface area contributed by atoms with Crippen LogP contribution in [0.1, 0.15) is 21.5 Å². The number of alkyl halides is 3. The molecule has 2 aromatic rings. The zero-order valence-corrected chi connectivity index (χ0v) is 11.0. The van der Waals surface area contributed by atoms with Crippen LogP contribution >= 0.6 is 0 Å². The van der Waals surface area contributed by atoms with Gasteiger partial charge in [-0.05, 0) is 48.9 Å². The number of aromatic carboxylic acids is 1. The number of rotatable bonds is 3. The fraction of sp³-hybridized carbons (Fsp3) is 0.133. The second-order valence-electron chi connectivity index (χ2n) is 4.55. The molecule has 0 aliphatic heterocycles. The zero-order valence-electron chi connectivity index (χ0n) is 11.0. The van der Waals surface area contributed by atoms with Gasteiger partial charge in [0.25, 0.3) is 0 Å². The first kappa shape index (κ1) is 14.9. The molecule has 3 nitrogen and oxygen atoms in total. The highest BCUT2D eigenvalue weighted by Crippen LogP contribution is 2.30. The van der Waals surface area contributed by atoms with Gasteiger partial charge in [0.15, 0.2) is 0 Å². The van der Waals surface area contributed by atoms with Gasteiger partial charge in [-0.25, -0.2) is 4.79 Å². The molecule has 0 unspecified atom stereocenters. The molecule has 0 bridgehead atoms. The SMILES string of the molecule is Cc1ccc(C(=O)O)c(Nc2ccc(C(F)(F)F)cc2)c1. The van der Waals surface area contributed by atoms with Crippen LogP contribution in [0.25, 0.3) is 0 Å². The smallest absolute Gasteiger partial charge is 0.416 e. The summed E-state index contributed by atoms with van der Waals surface area (Å²) in [5.41, 5.74) is 0.865. The third-order valence-corrected chi connectivity index (χ3v) is 2.90. The quantitative estimate of drug-likeness (QED) is 0.879. The molecule has 0 atom stereocenters. The third-order valence-electron chi connectivity index (χ3n) is 2.90. The molecule has 21 heavy (non-hydrogen) atoms. The lowest BCUT2D eigenvalue weighted by Gasteiger charge is -2.12. The number of carboxylic acids is 1. The van der Waals surface area contributed by atoms with Crippen molar-refractivity contribution in [1.29, 1.82) is 0 Å². The molecule has 0 fully saturated rings. The summed E-state index contributed by atoms with van der Waals surface area (Å²) in [6, 6.07) is 9.14. The minimum Gasteiger partial charge on any atom is -0.478 e. The third kappa shape index (κ3) is 3.53. The van der Waals surface area contributed by atoms with Crippen molar-refractivity contribution in [2.24, 2.45) is 0 Å². The Labute approximate surface area is 119 Å². The van der Waals surface area contributed by atoms with E-state index in [4.69, 9.17) is 5.11 Å². The summed E-state index contributed by atoms with van der Waals surface area (Å²) in [7, 11) is 0. The van der Waals surface area contributed by atoms with E-state index < -0.39 is 17.7 Å². The molecule has 0 saturated heterocycles. The van der Waals surface area contributed by atoms with E-state index >= 15 is 0 Å². The van der Waals surface area contributed by atoms with Gasteiger partial charge in [-0.2, -0.15) is 13.2 Å². The van der Waals surface area contributed by atoms with Crippen LogP contribution in [0.15, 0.2) is 42.5 Å². The van der Waals surface area contributed by atoms with Crippen molar-refractivity contribution in [2.45, 2.75) is 13.1 Å². The summed E-state index contributed by atoms with van der Waals surface area (Å²) < 4.78 is 37.4. The van der Waals surface area contributed by atoms with Crippen molar-refractivity contribution in [1.82, 2.24) is 0 Å². The van der Waals surface area contributed by atoms with Crippen molar-refractivity contribution in [3.05, 3.63) is 59.2 Å². The summed E-state index contributed by atoms with van der Waals surface area (Å²) >= 11 is 0. The Morgan fingerprint density at radius 3 is 2.24 bits per heavy atom. The van der Waals surface area contributed by atoms with Crippen molar-refractivity contribution in [3.63, 3.8) is 0 Å². The van der Waals surface area contributed by atoms with Crippen LogP contribution in [0, 0.1) is 6.92 Å². The van der Waals surface area contributed by atoms with Gasteiger partial charge >= 0.3 is 12.1 Å². The minimum atomic E-state index is -4.39. The van der Waals surface area contributed by atoms with E-state index in [0.717, 1.165) is 17.7 Å². The van der Waals surface area contributed by atoms with E-state index in [-0.39, 0.29) is 5.56 Å². The number of benzene rings is 2.